The molecule has 0 heterocycles. The van der Waals surface area contributed by atoms with Crippen LogP contribution >= 0.6 is 11.6 Å². The van der Waals surface area contributed by atoms with Crippen LogP contribution in [0.1, 0.15) is 10.4 Å². The van der Waals surface area contributed by atoms with E-state index in [-0.39, 0.29) is 6.61 Å². The average molecular weight is 267 g/mol. The number of hydrogen-bond acceptors (Lipinski definition) is 4. The molecule has 94 valence electrons. The van der Waals surface area contributed by atoms with Gasteiger partial charge in [-0.05, 0) is 41.9 Å². The predicted octanol–water partition coefficient (Wildman–Crippen LogP) is 2.69. The van der Waals surface area contributed by atoms with Gasteiger partial charge in [-0.3, -0.25) is 4.79 Å². The minimum absolute atomic E-state index is 0.235. The first kappa shape index (κ1) is 14.0. The predicted molar refractivity (Wildman–Crippen MR) is 67.5 cm³/mol. The van der Waals surface area contributed by atoms with Crippen LogP contribution in [0.4, 0.5) is 0 Å². The van der Waals surface area contributed by atoms with Crippen LogP contribution in [-0.2, 0) is 9.53 Å². The smallest absolute Gasteiger partial charge is 0.334 e. The Morgan fingerprint density at radius 1 is 1.28 bits per heavy atom. The minimum Gasteiger partial charge on any atom is -0.489 e. The lowest BCUT2D eigenvalue weighted by atomic mass is 10.2. The van der Waals surface area contributed by atoms with Crippen molar-refractivity contribution in [3.05, 3.63) is 54.8 Å². The van der Waals surface area contributed by atoms with Crippen LogP contribution in [0.15, 0.2) is 49.3 Å². The van der Waals surface area contributed by atoms with Crippen LogP contribution in [0.5, 0.6) is 5.75 Å². The minimum atomic E-state index is -0.531. The molecule has 0 aliphatic heterocycles. The number of ether oxygens (including phenoxy) is 2. The molecule has 0 aromatic heterocycles. The van der Waals surface area contributed by atoms with Crippen molar-refractivity contribution < 1.29 is 19.1 Å². The van der Waals surface area contributed by atoms with Crippen LogP contribution in [-0.4, -0.2) is 17.8 Å². The molecule has 0 saturated carbocycles. The second-order valence-electron chi connectivity index (χ2n) is 3.12. The Bertz CT molecular complexity index is 462. The van der Waals surface area contributed by atoms with Crippen LogP contribution < -0.4 is 4.74 Å². The topological polar surface area (TPSA) is 52.6 Å². The third kappa shape index (κ3) is 4.84. The van der Waals surface area contributed by atoms with E-state index in [1.807, 2.05) is 0 Å². The Labute approximate surface area is 109 Å². The lowest BCUT2D eigenvalue weighted by Gasteiger charge is -2.02. The van der Waals surface area contributed by atoms with Gasteiger partial charge in [0.1, 0.15) is 12.4 Å². The lowest BCUT2D eigenvalue weighted by molar-refractivity contribution is -0.132. The summed E-state index contributed by atoms with van der Waals surface area (Å²) in [5.74, 6) is 0.0487. The molecule has 0 amide bonds. The van der Waals surface area contributed by atoms with Crippen LogP contribution in [0.3, 0.4) is 0 Å². The van der Waals surface area contributed by atoms with E-state index in [4.69, 9.17) is 16.3 Å². The fraction of sp³-hybridized carbons (Fsp3) is 0.0769. The maximum Gasteiger partial charge on any atom is 0.334 e. The van der Waals surface area contributed by atoms with Gasteiger partial charge in [0.25, 0.3) is 5.24 Å². The molecule has 0 unspecified atom stereocenters. The van der Waals surface area contributed by atoms with E-state index in [0.717, 1.165) is 6.08 Å². The second-order valence-corrected chi connectivity index (χ2v) is 3.47. The summed E-state index contributed by atoms with van der Waals surface area (Å²) in [6.45, 7) is 3.49. The maximum absolute atomic E-state index is 10.8. The van der Waals surface area contributed by atoms with Gasteiger partial charge in [0.05, 0.1) is 6.26 Å². The van der Waals surface area contributed by atoms with Crippen LogP contribution in [0.2, 0.25) is 0 Å². The normalized spacial score (nSPS) is 10.1. The number of carbonyl (C=O) groups excluding carboxylic acids is 2. The Morgan fingerprint density at radius 2 is 1.94 bits per heavy atom. The third-order valence-corrected chi connectivity index (χ3v) is 2.09. The van der Waals surface area contributed by atoms with Crippen LogP contribution in [0, 0.1) is 0 Å². The van der Waals surface area contributed by atoms with Gasteiger partial charge in [-0.1, -0.05) is 6.58 Å². The Morgan fingerprint density at radius 3 is 2.50 bits per heavy atom. The summed E-state index contributed by atoms with van der Waals surface area (Å²) < 4.78 is 9.90. The SMILES string of the molecule is C=CC(=O)OC=CCOc1ccc(C(=O)Cl)cc1. The molecule has 1 aromatic carbocycles. The van der Waals surface area contributed by atoms with Crippen molar-refractivity contribution in [1.82, 2.24) is 0 Å². The van der Waals surface area contributed by atoms with Gasteiger partial charge in [-0.15, -0.1) is 0 Å². The van der Waals surface area contributed by atoms with E-state index in [2.05, 4.69) is 11.3 Å². The molecule has 0 spiro atoms. The zero-order valence-corrected chi connectivity index (χ0v) is 10.2. The van der Waals surface area contributed by atoms with Gasteiger partial charge in [-0.2, -0.15) is 0 Å². The number of halogens is 1. The molecule has 0 atom stereocenters. The molecule has 1 aromatic rings. The maximum atomic E-state index is 10.8. The fourth-order valence-corrected chi connectivity index (χ4v) is 1.16. The van der Waals surface area contributed by atoms with Crippen molar-refractivity contribution in [1.29, 1.82) is 0 Å². The van der Waals surface area contributed by atoms with Crippen molar-refractivity contribution >= 4 is 22.8 Å². The van der Waals surface area contributed by atoms with Gasteiger partial charge in [-0.25, -0.2) is 4.79 Å². The highest BCUT2D eigenvalue weighted by Gasteiger charge is 2.00. The lowest BCUT2D eigenvalue weighted by Crippen LogP contribution is -1.96. The standard InChI is InChI=1S/C13H11ClO4/c1-2-12(15)18-9-3-8-17-11-6-4-10(5-7-11)13(14)16/h2-7,9H,1,8H2. The molecule has 0 bridgehead atoms. The van der Waals surface area contributed by atoms with Crippen LogP contribution in [0.25, 0.3) is 0 Å². The van der Waals surface area contributed by atoms with Gasteiger partial charge in [0.15, 0.2) is 0 Å². The summed E-state index contributed by atoms with van der Waals surface area (Å²) >= 11 is 5.30. The van der Waals surface area contributed by atoms with Crippen molar-refractivity contribution in [3.8, 4) is 5.75 Å². The van der Waals surface area contributed by atoms with Crippen molar-refractivity contribution in [3.63, 3.8) is 0 Å². The molecule has 0 saturated heterocycles. The van der Waals surface area contributed by atoms with Gasteiger partial charge < -0.3 is 9.47 Å². The van der Waals surface area contributed by atoms with E-state index < -0.39 is 11.2 Å². The monoisotopic (exact) mass is 266 g/mol. The highest BCUT2D eigenvalue weighted by molar-refractivity contribution is 6.67. The number of hydrogen-bond donors (Lipinski definition) is 0. The summed E-state index contributed by atoms with van der Waals surface area (Å²) in [6.07, 6.45) is 3.82. The molecular formula is C13H11ClO4. The van der Waals surface area contributed by atoms with E-state index in [0.29, 0.717) is 11.3 Å². The molecule has 0 aliphatic carbocycles. The molecule has 0 radical (unpaired) electrons. The molecule has 0 N–H and O–H groups in total. The molecule has 5 heteroatoms. The average Bonchev–Trinajstić information content (AvgIpc) is 2.38. The van der Waals surface area contributed by atoms with Crippen molar-refractivity contribution in [2.45, 2.75) is 0 Å². The van der Waals surface area contributed by atoms with Gasteiger partial charge in [0.2, 0.25) is 0 Å². The zero-order valence-electron chi connectivity index (χ0n) is 9.47. The third-order valence-electron chi connectivity index (χ3n) is 1.87. The molecule has 4 nitrogen and oxygen atoms in total. The number of carbonyl (C=O) groups is 2. The number of esters is 1. The van der Waals surface area contributed by atoms with E-state index in [9.17, 15) is 9.59 Å². The fourth-order valence-electron chi connectivity index (χ4n) is 1.03. The summed E-state index contributed by atoms with van der Waals surface area (Å²) in [7, 11) is 0. The Balaban J connectivity index is 2.37. The molecule has 18 heavy (non-hydrogen) atoms. The summed E-state index contributed by atoms with van der Waals surface area (Å²) in [6, 6.07) is 6.37. The molecule has 0 fully saturated rings. The Kier molecular flexibility index (Phi) is 5.67. The largest absolute Gasteiger partial charge is 0.489 e. The van der Waals surface area contributed by atoms with Gasteiger partial charge >= 0.3 is 5.97 Å². The summed E-state index contributed by atoms with van der Waals surface area (Å²) in [5, 5.41) is -0.516. The van der Waals surface area contributed by atoms with Crippen molar-refractivity contribution in [2.24, 2.45) is 0 Å². The van der Waals surface area contributed by atoms with Gasteiger partial charge in [0, 0.05) is 11.6 Å². The van der Waals surface area contributed by atoms with E-state index >= 15 is 0 Å². The number of benzene rings is 1. The van der Waals surface area contributed by atoms with Crippen molar-refractivity contribution in [2.75, 3.05) is 6.61 Å². The van der Waals surface area contributed by atoms with E-state index in [1.165, 1.54) is 12.3 Å². The molecule has 0 aliphatic rings. The highest BCUT2D eigenvalue weighted by atomic mass is 35.5. The first-order valence-electron chi connectivity index (χ1n) is 5.04. The quantitative estimate of drug-likeness (QED) is 0.344. The molecular weight excluding hydrogens is 256 g/mol. The highest BCUT2D eigenvalue weighted by Crippen LogP contribution is 2.13. The Hall–Kier alpha value is -2.07. The van der Waals surface area contributed by atoms with E-state index in [1.54, 1.807) is 24.3 Å². The second kappa shape index (κ2) is 7.29. The number of rotatable bonds is 6. The summed E-state index contributed by atoms with van der Waals surface area (Å²) in [5.41, 5.74) is 0.402. The first-order valence-corrected chi connectivity index (χ1v) is 5.42. The summed E-state index contributed by atoms with van der Waals surface area (Å²) in [4.78, 5) is 21.5. The molecule has 1 rings (SSSR count). The zero-order chi connectivity index (χ0) is 13.4. The first-order chi connectivity index (χ1) is 8.63.